The third kappa shape index (κ3) is 7.62. The Labute approximate surface area is 224 Å². The van der Waals surface area contributed by atoms with Gasteiger partial charge in [-0.25, -0.2) is 4.98 Å². The molecule has 0 spiro atoms. The van der Waals surface area contributed by atoms with Crippen LogP contribution >= 0.6 is 45.7 Å². The summed E-state index contributed by atoms with van der Waals surface area (Å²) < 4.78 is 39.2. The van der Waals surface area contributed by atoms with Crippen molar-refractivity contribution in [1.29, 1.82) is 0 Å². The molecule has 0 saturated carbocycles. The van der Waals surface area contributed by atoms with E-state index in [4.69, 9.17) is 5.11 Å². The number of thiazole rings is 1. The van der Waals surface area contributed by atoms with Gasteiger partial charge in [0.1, 0.15) is 16.5 Å². The Kier molecular flexibility index (Phi) is 9.11. The Morgan fingerprint density at radius 1 is 0.886 bits per heavy atom. The molecule has 0 saturated heterocycles. The van der Waals surface area contributed by atoms with Crippen molar-refractivity contribution in [2.24, 2.45) is 0 Å². The molecular formula is C26H23F3INO2S2. The molecule has 0 amide bonds. The third-order valence-corrected chi connectivity index (χ3v) is 8.13. The van der Waals surface area contributed by atoms with Crippen LogP contribution in [0.25, 0.3) is 10.6 Å². The van der Waals surface area contributed by atoms with Crippen molar-refractivity contribution in [3.05, 3.63) is 91.5 Å². The molecule has 0 bridgehead atoms. The molecule has 35 heavy (non-hydrogen) atoms. The van der Waals surface area contributed by atoms with Crippen LogP contribution in [0.2, 0.25) is 0 Å². The van der Waals surface area contributed by atoms with Gasteiger partial charge in [-0.1, -0.05) is 12.1 Å². The number of nitrogens with zero attached hydrogens (tertiary/aromatic N) is 1. The number of alkyl halides is 3. The van der Waals surface area contributed by atoms with Gasteiger partial charge in [-0.05, 0) is 103 Å². The lowest BCUT2D eigenvalue weighted by atomic mass is 10.1. The lowest BCUT2D eigenvalue weighted by Crippen LogP contribution is -2.03. The molecule has 2 N–H and O–H groups in total. The average Bonchev–Trinajstić information content (AvgIpc) is 3.18. The third-order valence-electron chi connectivity index (χ3n) is 5.05. The van der Waals surface area contributed by atoms with E-state index in [1.54, 1.807) is 23.9 Å². The van der Waals surface area contributed by atoms with Crippen LogP contribution in [0.4, 0.5) is 13.2 Å². The maximum Gasteiger partial charge on any atom is 0.416 e. The van der Waals surface area contributed by atoms with Crippen molar-refractivity contribution in [3.8, 4) is 22.1 Å². The second kappa shape index (κ2) is 11.7. The Morgan fingerprint density at radius 3 is 2.03 bits per heavy atom. The minimum Gasteiger partial charge on any atom is -0.508 e. The predicted molar refractivity (Wildman–Crippen MR) is 145 cm³/mol. The maximum absolute atomic E-state index is 12.7. The van der Waals surface area contributed by atoms with E-state index < -0.39 is 11.7 Å². The Morgan fingerprint density at radius 2 is 1.49 bits per heavy atom. The van der Waals surface area contributed by atoms with Crippen LogP contribution in [0.5, 0.6) is 11.5 Å². The SMILES string of the molecule is Cc1cc(I)ccc1O.Cc1cc(SCc2sc(-c3ccc(C(F)(F)F)cc3)nc2C)ccc1O. The number of aromatic nitrogens is 1. The van der Waals surface area contributed by atoms with Gasteiger partial charge in [0.25, 0.3) is 0 Å². The minimum absolute atomic E-state index is 0.271. The van der Waals surface area contributed by atoms with E-state index in [9.17, 15) is 18.3 Å². The van der Waals surface area contributed by atoms with E-state index >= 15 is 0 Å². The highest BCUT2D eigenvalue weighted by molar-refractivity contribution is 14.1. The monoisotopic (exact) mass is 629 g/mol. The van der Waals surface area contributed by atoms with E-state index in [-0.39, 0.29) is 5.75 Å². The molecule has 9 heteroatoms. The lowest BCUT2D eigenvalue weighted by molar-refractivity contribution is -0.137. The zero-order chi connectivity index (χ0) is 25.8. The zero-order valence-electron chi connectivity index (χ0n) is 19.2. The van der Waals surface area contributed by atoms with E-state index in [1.165, 1.54) is 23.5 Å². The summed E-state index contributed by atoms with van der Waals surface area (Å²) in [4.78, 5) is 6.63. The van der Waals surface area contributed by atoms with Crippen molar-refractivity contribution in [3.63, 3.8) is 0 Å². The van der Waals surface area contributed by atoms with Gasteiger partial charge in [-0.2, -0.15) is 13.2 Å². The number of phenolic OH excluding ortho intramolecular Hbond substituents is 2. The molecule has 4 rings (SSSR count). The van der Waals surface area contributed by atoms with Crippen molar-refractivity contribution in [1.82, 2.24) is 4.98 Å². The molecule has 0 unspecified atom stereocenters. The van der Waals surface area contributed by atoms with Crippen LogP contribution in [-0.2, 0) is 11.9 Å². The number of halogens is 4. The molecule has 0 aliphatic rings. The smallest absolute Gasteiger partial charge is 0.416 e. The Balaban J connectivity index is 0.000000320. The number of rotatable bonds is 4. The van der Waals surface area contributed by atoms with Crippen LogP contribution in [0.1, 0.15) is 27.3 Å². The summed E-state index contributed by atoms with van der Waals surface area (Å²) in [5, 5.41) is 19.3. The van der Waals surface area contributed by atoms with Crippen LogP contribution in [-0.4, -0.2) is 15.2 Å². The van der Waals surface area contributed by atoms with Crippen LogP contribution in [0, 0.1) is 24.3 Å². The highest BCUT2D eigenvalue weighted by Crippen LogP contribution is 2.35. The number of benzene rings is 3. The maximum atomic E-state index is 12.7. The molecule has 3 aromatic carbocycles. The molecule has 0 aliphatic carbocycles. The van der Waals surface area contributed by atoms with E-state index in [0.29, 0.717) is 22.1 Å². The molecule has 184 valence electrons. The lowest BCUT2D eigenvalue weighted by Gasteiger charge is -2.06. The Hall–Kier alpha value is -2.24. The van der Waals surface area contributed by atoms with Crippen molar-refractivity contribution < 1.29 is 23.4 Å². The van der Waals surface area contributed by atoms with Gasteiger partial charge in [0, 0.05) is 24.7 Å². The minimum atomic E-state index is -4.33. The zero-order valence-corrected chi connectivity index (χ0v) is 22.9. The first-order valence-corrected chi connectivity index (χ1v) is 13.3. The first kappa shape index (κ1) is 27.3. The molecule has 0 fully saturated rings. The van der Waals surface area contributed by atoms with Crippen molar-refractivity contribution in [2.75, 3.05) is 0 Å². The van der Waals surface area contributed by atoms with Gasteiger partial charge < -0.3 is 10.2 Å². The van der Waals surface area contributed by atoms with E-state index in [0.717, 1.165) is 42.3 Å². The van der Waals surface area contributed by atoms with Gasteiger partial charge in [-0.15, -0.1) is 23.1 Å². The largest absolute Gasteiger partial charge is 0.508 e. The molecule has 1 aromatic heterocycles. The fraction of sp³-hybridized carbons (Fsp3) is 0.192. The quantitative estimate of drug-likeness (QED) is 0.175. The van der Waals surface area contributed by atoms with Crippen molar-refractivity contribution >= 4 is 45.7 Å². The first-order valence-electron chi connectivity index (χ1n) is 10.5. The number of hydrogen-bond donors (Lipinski definition) is 2. The Bertz CT molecular complexity index is 1310. The molecule has 0 atom stereocenters. The van der Waals surface area contributed by atoms with Gasteiger partial charge in [-0.3, -0.25) is 0 Å². The molecular weight excluding hydrogens is 606 g/mol. The average molecular weight is 630 g/mol. The molecule has 3 nitrogen and oxygen atoms in total. The number of hydrogen-bond acceptors (Lipinski definition) is 5. The fourth-order valence-corrected chi connectivity index (χ4v) is 5.83. The van der Waals surface area contributed by atoms with Gasteiger partial charge in [0.2, 0.25) is 0 Å². The summed E-state index contributed by atoms with van der Waals surface area (Å²) in [7, 11) is 0. The molecule has 1 heterocycles. The number of aromatic hydroxyl groups is 2. The standard InChI is InChI=1S/C19H16F3NOS2.C7H7IO/c1-11-9-15(7-8-16(11)24)25-10-17-12(2)23-18(26-17)13-3-5-14(6-4-13)19(20,21)22;1-5-4-6(8)2-3-7(5)9/h3-9,24H,10H2,1-2H3;2-4,9H,1H3. The summed E-state index contributed by atoms with van der Waals surface area (Å²) in [5.74, 6) is 1.36. The highest BCUT2D eigenvalue weighted by atomic mass is 127. The van der Waals surface area contributed by atoms with Crippen LogP contribution in [0.15, 0.2) is 65.6 Å². The summed E-state index contributed by atoms with van der Waals surface area (Å²) in [6.45, 7) is 5.64. The molecule has 0 aliphatic heterocycles. The van der Waals surface area contributed by atoms with Gasteiger partial charge in [0.15, 0.2) is 0 Å². The predicted octanol–water partition coefficient (Wildman–Crippen LogP) is 8.75. The van der Waals surface area contributed by atoms with Crippen molar-refractivity contribution in [2.45, 2.75) is 37.6 Å². The summed E-state index contributed by atoms with van der Waals surface area (Å²) in [6, 6.07) is 16.1. The second-order valence-electron chi connectivity index (χ2n) is 7.77. The van der Waals surface area contributed by atoms with Gasteiger partial charge >= 0.3 is 6.18 Å². The topological polar surface area (TPSA) is 53.4 Å². The normalized spacial score (nSPS) is 11.2. The summed E-state index contributed by atoms with van der Waals surface area (Å²) in [5.41, 5.74) is 2.66. The fourth-order valence-electron chi connectivity index (χ4n) is 2.97. The van der Waals surface area contributed by atoms with Crippen LogP contribution < -0.4 is 0 Å². The highest BCUT2D eigenvalue weighted by Gasteiger charge is 2.30. The summed E-state index contributed by atoms with van der Waals surface area (Å²) in [6.07, 6.45) is -4.33. The number of aryl methyl sites for hydroxylation is 3. The first-order chi connectivity index (χ1) is 16.4. The number of phenols is 2. The molecule has 0 radical (unpaired) electrons. The van der Waals surface area contributed by atoms with E-state index in [1.807, 2.05) is 45.0 Å². The van der Waals surface area contributed by atoms with Gasteiger partial charge in [0.05, 0.1) is 11.3 Å². The van der Waals surface area contributed by atoms with Crippen LogP contribution in [0.3, 0.4) is 0 Å². The second-order valence-corrected chi connectivity index (χ2v) is 11.1. The molecule has 4 aromatic rings. The summed E-state index contributed by atoms with van der Waals surface area (Å²) >= 11 is 5.34. The number of thioether (sulfide) groups is 1. The van der Waals surface area contributed by atoms with E-state index in [2.05, 4.69) is 27.6 Å².